The van der Waals surface area contributed by atoms with Gasteiger partial charge in [-0.15, -0.1) is 0 Å². The van der Waals surface area contributed by atoms with E-state index in [9.17, 15) is 8.42 Å². The molecule has 0 spiro atoms. The Morgan fingerprint density at radius 1 is 1.19 bits per heavy atom. The first-order valence-electron chi connectivity index (χ1n) is 7.63. The molecule has 0 saturated heterocycles. The molecule has 0 aliphatic heterocycles. The Labute approximate surface area is 127 Å². The molecule has 6 heteroatoms. The van der Waals surface area contributed by atoms with E-state index in [2.05, 4.69) is 10.0 Å². The first kappa shape index (κ1) is 16.3. The molecule has 1 aliphatic rings. The summed E-state index contributed by atoms with van der Waals surface area (Å²) < 4.78 is 27.3. The molecule has 0 bridgehead atoms. The van der Waals surface area contributed by atoms with E-state index >= 15 is 0 Å². The van der Waals surface area contributed by atoms with E-state index in [1.807, 2.05) is 19.1 Å². The van der Waals surface area contributed by atoms with Crippen LogP contribution in [0.15, 0.2) is 29.2 Å². The summed E-state index contributed by atoms with van der Waals surface area (Å²) in [6.07, 6.45) is 4.71. The number of benzene rings is 1. The molecule has 0 aromatic heterocycles. The summed E-state index contributed by atoms with van der Waals surface area (Å²) in [5, 5.41) is 3.38. The number of hydrogen-bond acceptors (Lipinski definition) is 4. The van der Waals surface area contributed by atoms with Crippen LogP contribution in [-0.2, 0) is 10.0 Å². The molecule has 1 fully saturated rings. The van der Waals surface area contributed by atoms with Gasteiger partial charge in [0.1, 0.15) is 4.90 Å². The zero-order valence-corrected chi connectivity index (χ0v) is 13.3. The van der Waals surface area contributed by atoms with Gasteiger partial charge in [0.05, 0.1) is 5.69 Å². The lowest BCUT2D eigenvalue weighted by molar-refractivity contribution is 0.410. The molecular formula is C15H25N3O2S. The lowest BCUT2D eigenvalue weighted by Gasteiger charge is -2.28. The largest absolute Gasteiger partial charge is 0.381 e. The molecule has 0 amide bonds. The van der Waals surface area contributed by atoms with Crippen LogP contribution >= 0.6 is 0 Å². The Hall–Kier alpha value is -1.11. The van der Waals surface area contributed by atoms with Crippen molar-refractivity contribution in [2.75, 3.05) is 11.9 Å². The van der Waals surface area contributed by atoms with Gasteiger partial charge in [0.2, 0.25) is 10.0 Å². The van der Waals surface area contributed by atoms with Crippen molar-refractivity contribution in [1.82, 2.24) is 4.72 Å². The van der Waals surface area contributed by atoms with Crippen LogP contribution in [0.2, 0.25) is 0 Å². The monoisotopic (exact) mass is 311 g/mol. The number of para-hydroxylation sites is 1. The highest BCUT2D eigenvalue weighted by molar-refractivity contribution is 7.89. The minimum absolute atomic E-state index is 0.285. The molecule has 1 aliphatic carbocycles. The molecule has 1 saturated carbocycles. The number of nitrogens with two attached hydrogens (primary N) is 1. The second kappa shape index (κ2) is 7.24. The van der Waals surface area contributed by atoms with E-state index in [4.69, 9.17) is 5.73 Å². The zero-order valence-electron chi connectivity index (χ0n) is 12.5. The number of anilines is 1. The Morgan fingerprint density at radius 2 is 1.86 bits per heavy atom. The molecule has 1 aromatic rings. The van der Waals surface area contributed by atoms with Crippen molar-refractivity contribution >= 4 is 15.7 Å². The van der Waals surface area contributed by atoms with Gasteiger partial charge in [-0.05, 0) is 44.2 Å². The molecular weight excluding hydrogens is 286 g/mol. The summed E-state index contributed by atoms with van der Waals surface area (Å²) in [5.74, 6) is 0. The summed E-state index contributed by atoms with van der Waals surface area (Å²) in [6.45, 7) is 2.40. The van der Waals surface area contributed by atoms with E-state index in [1.165, 1.54) is 0 Å². The average molecular weight is 311 g/mol. The summed E-state index contributed by atoms with van der Waals surface area (Å²) in [4.78, 5) is 0.327. The van der Waals surface area contributed by atoms with Crippen LogP contribution in [0.1, 0.15) is 39.0 Å². The zero-order chi connectivity index (χ0) is 15.3. The van der Waals surface area contributed by atoms with E-state index in [1.54, 1.807) is 12.1 Å². The lowest BCUT2D eigenvalue weighted by atomic mass is 9.92. The molecule has 4 N–H and O–H groups in total. The van der Waals surface area contributed by atoms with Crippen LogP contribution in [0.4, 0.5) is 5.69 Å². The quantitative estimate of drug-likeness (QED) is 0.751. The second-order valence-corrected chi connectivity index (χ2v) is 7.39. The summed E-state index contributed by atoms with van der Waals surface area (Å²) in [6, 6.07) is 7.67. The van der Waals surface area contributed by atoms with Crippen LogP contribution in [-0.4, -0.2) is 27.0 Å². The van der Waals surface area contributed by atoms with Gasteiger partial charge in [-0.25, -0.2) is 13.1 Å². The van der Waals surface area contributed by atoms with Crippen molar-refractivity contribution < 1.29 is 8.42 Å². The number of rotatable bonds is 6. The van der Waals surface area contributed by atoms with Crippen LogP contribution in [0.25, 0.3) is 0 Å². The van der Waals surface area contributed by atoms with E-state index < -0.39 is 10.0 Å². The highest BCUT2D eigenvalue weighted by atomic mass is 32.2. The number of sulfonamides is 1. The molecule has 0 heterocycles. The summed E-state index contributed by atoms with van der Waals surface area (Å²) >= 11 is 0. The van der Waals surface area contributed by atoms with E-state index in [-0.39, 0.29) is 6.04 Å². The molecule has 5 nitrogen and oxygen atoms in total. The van der Waals surface area contributed by atoms with Crippen molar-refractivity contribution in [2.45, 2.75) is 56.0 Å². The summed E-state index contributed by atoms with van der Waals surface area (Å²) in [7, 11) is -3.45. The molecule has 21 heavy (non-hydrogen) atoms. The molecule has 1 aromatic carbocycles. The normalized spacial score (nSPS) is 23.0. The van der Waals surface area contributed by atoms with Gasteiger partial charge in [-0.3, -0.25) is 0 Å². The third-order valence-corrected chi connectivity index (χ3v) is 5.37. The van der Waals surface area contributed by atoms with Crippen molar-refractivity contribution in [1.29, 1.82) is 0 Å². The highest BCUT2D eigenvalue weighted by Gasteiger charge is 2.22. The predicted molar refractivity (Wildman–Crippen MR) is 85.8 cm³/mol. The topological polar surface area (TPSA) is 84.2 Å². The van der Waals surface area contributed by atoms with Gasteiger partial charge in [0.15, 0.2) is 0 Å². The fourth-order valence-corrected chi connectivity index (χ4v) is 3.92. The fraction of sp³-hybridized carbons (Fsp3) is 0.600. The van der Waals surface area contributed by atoms with Gasteiger partial charge >= 0.3 is 0 Å². The second-order valence-electron chi connectivity index (χ2n) is 5.65. The smallest absolute Gasteiger partial charge is 0.242 e. The average Bonchev–Trinajstić information content (AvgIpc) is 2.48. The van der Waals surface area contributed by atoms with Crippen molar-refractivity contribution in [3.63, 3.8) is 0 Å². The standard InChI is InChI=1S/C15H25N3O2S/c1-2-11-17-21(19,20)15-6-4-3-5-14(15)18-13-9-7-12(16)8-10-13/h3-6,12-13,17-18H,2,7-11,16H2,1H3. The first-order chi connectivity index (χ1) is 10.0. The Balaban J connectivity index is 2.13. The van der Waals surface area contributed by atoms with Crippen molar-refractivity contribution in [2.24, 2.45) is 5.73 Å². The molecule has 118 valence electrons. The Kier molecular flexibility index (Phi) is 5.61. The van der Waals surface area contributed by atoms with Crippen LogP contribution in [0, 0.1) is 0 Å². The molecule has 2 rings (SSSR count). The molecule has 0 atom stereocenters. The number of nitrogens with one attached hydrogen (secondary N) is 2. The molecule has 0 radical (unpaired) electrons. The number of hydrogen-bond donors (Lipinski definition) is 3. The predicted octanol–water partition coefficient (Wildman–Crippen LogP) is 2.06. The van der Waals surface area contributed by atoms with Crippen molar-refractivity contribution in [3.05, 3.63) is 24.3 Å². The van der Waals surface area contributed by atoms with Gasteiger partial charge < -0.3 is 11.1 Å². The Bertz CT molecular complexity index is 552. The van der Waals surface area contributed by atoms with Gasteiger partial charge in [0.25, 0.3) is 0 Å². The summed E-state index contributed by atoms with van der Waals surface area (Å²) in [5.41, 5.74) is 6.59. The SMILES string of the molecule is CCCNS(=O)(=O)c1ccccc1NC1CCC(N)CC1. The minimum Gasteiger partial charge on any atom is -0.381 e. The third kappa shape index (κ3) is 4.43. The van der Waals surface area contributed by atoms with Gasteiger partial charge in [-0.1, -0.05) is 19.1 Å². The van der Waals surface area contributed by atoms with E-state index in [0.717, 1.165) is 32.1 Å². The van der Waals surface area contributed by atoms with Crippen LogP contribution < -0.4 is 15.8 Å². The Morgan fingerprint density at radius 3 is 2.52 bits per heavy atom. The molecule has 0 unspecified atom stereocenters. The van der Waals surface area contributed by atoms with Gasteiger partial charge in [0, 0.05) is 18.6 Å². The first-order valence-corrected chi connectivity index (χ1v) is 9.12. The fourth-order valence-electron chi connectivity index (χ4n) is 2.62. The van der Waals surface area contributed by atoms with E-state index in [0.29, 0.717) is 23.2 Å². The van der Waals surface area contributed by atoms with Gasteiger partial charge in [-0.2, -0.15) is 0 Å². The van der Waals surface area contributed by atoms with Crippen LogP contribution in [0.5, 0.6) is 0 Å². The third-order valence-electron chi connectivity index (χ3n) is 3.85. The lowest BCUT2D eigenvalue weighted by Crippen LogP contribution is -2.33. The van der Waals surface area contributed by atoms with Crippen LogP contribution in [0.3, 0.4) is 0 Å². The van der Waals surface area contributed by atoms with Crippen molar-refractivity contribution in [3.8, 4) is 0 Å². The minimum atomic E-state index is -3.45. The maximum Gasteiger partial charge on any atom is 0.242 e. The highest BCUT2D eigenvalue weighted by Crippen LogP contribution is 2.26. The maximum atomic E-state index is 12.3. The maximum absolute atomic E-state index is 12.3.